The standard InChI is InChI=1S/C26H25F3N4O5S/c1-17-6-8-21(9-7-17)37-24-12-23(30-33(24)13-22-10-18(2)31-38-22)19-4-3-5-20(11-19)25(14-36-15-25)32-39(34,35)16-26(27,28)29/h3-12,32H,13-16H2,1-2H3. The van der Waals surface area contributed by atoms with E-state index in [1.807, 2.05) is 31.2 Å². The van der Waals surface area contributed by atoms with Gasteiger partial charge in [0.15, 0.2) is 11.5 Å². The Morgan fingerprint density at radius 1 is 1.08 bits per heavy atom. The fourth-order valence-corrected chi connectivity index (χ4v) is 5.55. The third-order valence-electron chi connectivity index (χ3n) is 6.08. The number of aryl methyl sites for hydroxylation is 2. The van der Waals surface area contributed by atoms with Gasteiger partial charge in [-0.2, -0.15) is 23.0 Å². The molecule has 13 heteroatoms. The summed E-state index contributed by atoms with van der Waals surface area (Å²) in [4.78, 5) is 0. The number of hydrogen-bond acceptors (Lipinski definition) is 7. The summed E-state index contributed by atoms with van der Waals surface area (Å²) in [6.45, 7) is 3.80. The van der Waals surface area contributed by atoms with Gasteiger partial charge in [-0.15, -0.1) is 0 Å². The Morgan fingerprint density at radius 3 is 2.44 bits per heavy atom. The number of ether oxygens (including phenoxy) is 2. The van der Waals surface area contributed by atoms with Gasteiger partial charge in [0.2, 0.25) is 15.9 Å². The number of sulfonamides is 1. The maximum atomic E-state index is 12.8. The van der Waals surface area contributed by atoms with Crippen LogP contribution >= 0.6 is 0 Å². The highest BCUT2D eigenvalue weighted by Crippen LogP contribution is 2.35. The number of nitrogens with one attached hydrogen (secondary N) is 1. The van der Waals surface area contributed by atoms with E-state index in [0.717, 1.165) is 5.56 Å². The maximum absolute atomic E-state index is 12.8. The Labute approximate surface area is 222 Å². The smallest absolute Gasteiger partial charge is 0.404 e. The monoisotopic (exact) mass is 562 g/mol. The van der Waals surface area contributed by atoms with Gasteiger partial charge in [0.25, 0.3) is 0 Å². The van der Waals surface area contributed by atoms with Crippen molar-refractivity contribution in [1.82, 2.24) is 19.7 Å². The molecule has 1 aliphatic rings. The normalized spacial score (nSPS) is 15.2. The quantitative estimate of drug-likeness (QED) is 0.315. The first-order chi connectivity index (χ1) is 18.4. The van der Waals surface area contributed by atoms with Crippen LogP contribution in [0, 0.1) is 13.8 Å². The number of hydrogen-bond donors (Lipinski definition) is 1. The van der Waals surface area contributed by atoms with Gasteiger partial charge in [0.1, 0.15) is 17.8 Å². The second-order valence-corrected chi connectivity index (χ2v) is 11.2. The Hall–Kier alpha value is -3.68. The van der Waals surface area contributed by atoms with Crippen molar-refractivity contribution in [3.05, 3.63) is 83.2 Å². The van der Waals surface area contributed by atoms with Crippen molar-refractivity contribution >= 4 is 10.0 Å². The van der Waals surface area contributed by atoms with Crippen molar-refractivity contribution in [1.29, 1.82) is 0 Å². The zero-order valence-electron chi connectivity index (χ0n) is 21.0. The van der Waals surface area contributed by atoms with Crippen molar-refractivity contribution in [2.45, 2.75) is 32.1 Å². The molecule has 2 aromatic carbocycles. The third kappa shape index (κ3) is 6.32. The molecule has 2 aromatic heterocycles. The van der Waals surface area contributed by atoms with E-state index in [1.54, 1.807) is 48.0 Å². The largest absolute Gasteiger partial charge is 0.439 e. The average Bonchev–Trinajstić information content (AvgIpc) is 3.42. The Bertz CT molecular complexity index is 1580. The van der Waals surface area contributed by atoms with Crippen LogP contribution in [0.1, 0.15) is 22.6 Å². The van der Waals surface area contributed by atoms with E-state index in [9.17, 15) is 21.6 Å². The van der Waals surface area contributed by atoms with Crippen molar-refractivity contribution in [2.75, 3.05) is 19.0 Å². The first-order valence-corrected chi connectivity index (χ1v) is 13.6. The van der Waals surface area contributed by atoms with Gasteiger partial charge in [0, 0.05) is 17.7 Å². The molecule has 0 atom stereocenters. The predicted octanol–water partition coefficient (Wildman–Crippen LogP) is 4.70. The summed E-state index contributed by atoms with van der Waals surface area (Å²) in [6, 6.07) is 17.8. The van der Waals surface area contributed by atoms with Crippen LogP contribution in [0.15, 0.2) is 65.2 Å². The highest BCUT2D eigenvalue weighted by atomic mass is 32.2. The van der Waals surface area contributed by atoms with Gasteiger partial charge >= 0.3 is 6.18 Å². The van der Waals surface area contributed by atoms with Crippen LogP contribution in [-0.2, 0) is 26.8 Å². The van der Waals surface area contributed by atoms with Gasteiger partial charge in [-0.1, -0.05) is 41.1 Å². The number of benzene rings is 2. The zero-order valence-corrected chi connectivity index (χ0v) is 21.8. The van der Waals surface area contributed by atoms with Crippen LogP contribution in [0.25, 0.3) is 11.3 Å². The summed E-state index contributed by atoms with van der Waals surface area (Å²) >= 11 is 0. The molecule has 0 bridgehead atoms. The van der Waals surface area contributed by atoms with Crippen molar-refractivity contribution < 1.29 is 35.6 Å². The molecule has 5 rings (SSSR count). The molecule has 0 aliphatic carbocycles. The van der Waals surface area contributed by atoms with E-state index in [-0.39, 0.29) is 19.8 Å². The van der Waals surface area contributed by atoms with E-state index in [4.69, 9.17) is 14.0 Å². The van der Waals surface area contributed by atoms with Crippen LogP contribution < -0.4 is 9.46 Å². The summed E-state index contributed by atoms with van der Waals surface area (Å²) in [5, 5.41) is 8.59. The number of nitrogens with zero attached hydrogens (tertiary/aromatic N) is 3. The molecule has 0 amide bonds. The zero-order chi connectivity index (χ0) is 27.8. The Balaban J connectivity index is 1.47. The molecule has 0 radical (unpaired) electrons. The third-order valence-corrected chi connectivity index (χ3v) is 7.49. The fraction of sp³-hybridized carbons (Fsp3) is 0.308. The highest BCUT2D eigenvalue weighted by Gasteiger charge is 2.46. The van der Waals surface area contributed by atoms with E-state index in [1.165, 1.54) is 0 Å². The molecule has 0 saturated carbocycles. The first-order valence-electron chi connectivity index (χ1n) is 11.9. The number of rotatable bonds is 9. The van der Waals surface area contributed by atoms with Crippen molar-refractivity contribution in [3.8, 4) is 22.9 Å². The average molecular weight is 563 g/mol. The topological polar surface area (TPSA) is 108 Å². The molecule has 0 unspecified atom stereocenters. The first kappa shape index (κ1) is 26.9. The minimum Gasteiger partial charge on any atom is -0.439 e. The van der Waals surface area contributed by atoms with E-state index in [2.05, 4.69) is 15.0 Å². The molecule has 4 aromatic rings. The van der Waals surface area contributed by atoms with E-state index in [0.29, 0.717) is 39.9 Å². The lowest BCUT2D eigenvalue weighted by molar-refractivity contribution is -0.107. The fourth-order valence-electron chi connectivity index (χ4n) is 4.22. The molecule has 1 N–H and O–H groups in total. The van der Waals surface area contributed by atoms with Gasteiger partial charge in [-0.3, -0.25) is 0 Å². The highest BCUT2D eigenvalue weighted by molar-refractivity contribution is 7.89. The maximum Gasteiger partial charge on any atom is 0.404 e. The summed E-state index contributed by atoms with van der Waals surface area (Å²) in [5.74, 6) is -0.400. The summed E-state index contributed by atoms with van der Waals surface area (Å²) in [5.41, 5.74) is 2.04. The molecular weight excluding hydrogens is 537 g/mol. The minimum atomic E-state index is -4.87. The van der Waals surface area contributed by atoms with Gasteiger partial charge < -0.3 is 14.0 Å². The van der Waals surface area contributed by atoms with Crippen molar-refractivity contribution in [3.63, 3.8) is 0 Å². The Morgan fingerprint density at radius 2 is 1.82 bits per heavy atom. The molecule has 1 saturated heterocycles. The van der Waals surface area contributed by atoms with Gasteiger partial charge in [0.05, 0.1) is 24.6 Å². The lowest BCUT2D eigenvalue weighted by Crippen LogP contribution is -2.60. The van der Waals surface area contributed by atoms with Crippen LogP contribution in [0.4, 0.5) is 13.2 Å². The van der Waals surface area contributed by atoms with Crippen molar-refractivity contribution in [2.24, 2.45) is 0 Å². The van der Waals surface area contributed by atoms with E-state index < -0.39 is 27.5 Å². The van der Waals surface area contributed by atoms with Crippen LogP contribution in [0.2, 0.25) is 0 Å². The summed E-state index contributed by atoms with van der Waals surface area (Å²) < 4.78 is 83.5. The Kier molecular flexibility index (Phi) is 6.99. The number of aromatic nitrogens is 3. The summed E-state index contributed by atoms with van der Waals surface area (Å²) in [6.07, 6.45) is -4.87. The minimum absolute atomic E-state index is 0.103. The summed E-state index contributed by atoms with van der Waals surface area (Å²) in [7, 11) is -4.67. The molecule has 3 heterocycles. The van der Waals surface area contributed by atoms with Gasteiger partial charge in [-0.25, -0.2) is 13.1 Å². The second-order valence-electron chi connectivity index (χ2n) is 9.51. The molecular formula is C26H25F3N4O5S. The van der Waals surface area contributed by atoms with Crippen LogP contribution in [0.3, 0.4) is 0 Å². The predicted molar refractivity (Wildman–Crippen MR) is 135 cm³/mol. The SMILES string of the molecule is Cc1ccc(Oc2cc(-c3cccc(C4(NS(=O)(=O)CC(F)(F)F)COC4)c3)nn2Cc2cc(C)no2)cc1. The van der Waals surface area contributed by atoms with Crippen LogP contribution in [-0.4, -0.2) is 48.5 Å². The van der Waals surface area contributed by atoms with Gasteiger partial charge in [-0.05, 0) is 37.6 Å². The molecule has 0 spiro atoms. The molecule has 1 aliphatic heterocycles. The van der Waals surface area contributed by atoms with Crippen LogP contribution in [0.5, 0.6) is 11.6 Å². The lowest BCUT2D eigenvalue weighted by Gasteiger charge is -2.42. The molecule has 206 valence electrons. The lowest BCUT2D eigenvalue weighted by atomic mass is 9.88. The molecule has 39 heavy (non-hydrogen) atoms. The number of halogens is 3. The molecule has 1 fully saturated rings. The molecule has 9 nitrogen and oxygen atoms in total. The number of alkyl halides is 3. The second kappa shape index (κ2) is 10.1. The van der Waals surface area contributed by atoms with E-state index >= 15 is 0 Å².